The smallest absolute Gasteiger partial charge is 0.388 e. The zero-order valence-electron chi connectivity index (χ0n) is 14.5. The topological polar surface area (TPSA) is 104 Å². The number of benzene rings is 1. The van der Waals surface area contributed by atoms with E-state index in [1.54, 1.807) is 19.1 Å². The number of aromatic nitrogens is 1. The lowest BCUT2D eigenvalue weighted by atomic mass is 10.1. The van der Waals surface area contributed by atoms with Crippen LogP contribution in [0.5, 0.6) is 11.8 Å². The quantitative estimate of drug-likeness (QED) is 0.625. The Kier molecular flexibility index (Phi) is 6.77. The maximum absolute atomic E-state index is 14.0. The van der Waals surface area contributed by atoms with Gasteiger partial charge in [0.15, 0.2) is 5.82 Å². The first-order valence-electron chi connectivity index (χ1n) is 7.49. The van der Waals surface area contributed by atoms with Crippen LogP contribution in [0.2, 0.25) is 0 Å². The highest BCUT2D eigenvalue weighted by Crippen LogP contribution is 2.33. The van der Waals surface area contributed by atoms with Gasteiger partial charge in [0, 0.05) is 16.7 Å². The Morgan fingerprint density at radius 3 is 2.54 bits per heavy atom. The number of pyridine rings is 1. The lowest BCUT2D eigenvalue weighted by Crippen LogP contribution is -2.17. The summed E-state index contributed by atoms with van der Waals surface area (Å²) < 4.78 is 75.7. The van der Waals surface area contributed by atoms with Crippen LogP contribution in [0, 0.1) is 12.7 Å². The first-order valence-corrected chi connectivity index (χ1v) is 9.77. The molecule has 2 rings (SSSR count). The number of hydrogen-bond donors (Lipinski definition) is 2. The number of halogens is 4. The summed E-state index contributed by atoms with van der Waals surface area (Å²) >= 11 is 3.27. The number of nitrogens with two attached hydrogens (primary N) is 1. The van der Waals surface area contributed by atoms with Gasteiger partial charge in [-0.1, -0.05) is 22.0 Å². The zero-order valence-corrected chi connectivity index (χ0v) is 16.9. The van der Waals surface area contributed by atoms with Crippen molar-refractivity contribution < 1.29 is 31.1 Å². The Bertz CT molecular complexity index is 1020. The van der Waals surface area contributed by atoms with Crippen LogP contribution < -0.4 is 19.9 Å². The van der Waals surface area contributed by atoms with Crippen molar-refractivity contribution in [3.63, 3.8) is 0 Å². The normalized spacial score (nSPS) is 12.2. The van der Waals surface area contributed by atoms with Crippen molar-refractivity contribution in [3.05, 3.63) is 51.9 Å². The Hall–Kier alpha value is -2.47. The largest absolute Gasteiger partial charge is 0.479 e. The third kappa shape index (κ3) is 4.87. The summed E-state index contributed by atoms with van der Waals surface area (Å²) in [6.45, 7) is -1.64. The SMILES string of the molecule is COc1nc(OC(F)F)c(F)cc1NS(=O)(=O)/C(=C/N)c1ccc(Br)cc1C. The molecule has 1 aromatic carbocycles. The minimum absolute atomic E-state index is 0.284. The summed E-state index contributed by atoms with van der Waals surface area (Å²) in [4.78, 5) is 3.13. The lowest BCUT2D eigenvalue weighted by Gasteiger charge is -2.16. The number of nitrogens with one attached hydrogen (secondary N) is 1. The maximum atomic E-state index is 14.0. The number of methoxy groups -OCH3 is 1. The molecule has 3 N–H and O–H groups in total. The number of rotatable bonds is 7. The molecule has 0 amide bonds. The van der Waals surface area contributed by atoms with Gasteiger partial charge in [-0.15, -0.1) is 0 Å². The van der Waals surface area contributed by atoms with Crippen molar-refractivity contribution in [2.75, 3.05) is 11.8 Å². The number of nitrogens with zero attached hydrogens (tertiary/aromatic N) is 1. The van der Waals surface area contributed by atoms with E-state index >= 15 is 0 Å². The van der Waals surface area contributed by atoms with Crippen LogP contribution in [0.25, 0.3) is 4.91 Å². The molecule has 0 aliphatic rings. The van der Waals surface area contributed by atoms with Gasteiger partial charge in [0.1, 0.15) is 10.6 Å². The third-order valence-corrected chi connectivity index (χ3v) is 5.36. The summed E-state index contributed by atoms with van der Waals surface area (Å²) in [7, 11) is -3.20. The van der Waals surface area contributed by atoms with Crippen molar-refractivity contribution in [2.24, 2.45) is 5.73 Å². The van der Waals surface area contributed by atoms with Crippen molar-refractivity contribution in [2.45, 2.75) is 13.5 Å². The molecular formula is C16H15BrF3N3O4S. The number of aryl methyl sites for hydroxylation is 1. The number of hydrogen-bond acceptors (Lipinski definition) is 6. The van der Waals surface area contributed by atoms with Crippen LogP contribution in [0.3, 0.4) is 0 Å². The predicted octanol–water partition coefficient (Wildman–Crippen LogP) is 3.60. The van der Waals surface area contributed by atoms with E-state index in [1.807, 2.05) is 0 Å². The summed E-state index contributed by atoms with van der Waals surface area (Å²) in [6.07, 6.45) is 0.878. The Morgan fingerprint density at radius 1 is 1.32 bits per heavy atom. The average Bonchev–Trinajstić information content (AvgIpc) is 2.59. The molecule has 0 aliphatic carbocycles. The lowest BCUT2D eigenvalue weighted by molar-refractivity contribution is -0.0555. The molecule has 0 radical (unpaired) electrons. The van der Waals surface area contributed by atoms with Gasteiger partial charge in [0.2, 0.25) is 5.88 Å². The van der Waals surface area contributed by atoms with Gasteiger partial charge in [0.05, 0.1) is 7.11 Å². The molecule has 0 bridgehead atoms. The van der Waals surface area contributed by atoms with Crippen LogP contribution in [-0.4, -0.2) is 27.1 Å². The van der Waals surface area contributed by atoms with Crippen LogP contribution in [-0.2, 0) is 10.0 Å². The highest BCUT2D eigenvalue weighted by atomic mass is 79.9. The molecule has 0 fully saturated rings. The van der Waals surface area contributed by atoms with Crippen molar-refractivity contribution in [3.8, 4) is 11.8 Å². The standard InChI is InChI=1S/C16H15BrF3N3O4S/c1-8-5-9(17)3-4-10(8)13(7-21)28(24,25)23-12-6-11(18)14(27-16(19)20)22-15(12)26-2/h3-7,16,23H,21H2,1-2H3/b13-7+. The van der Waals surface area contributed by atoms with E-state index in [1.165, 1.54) is 6.07 Å². The van der Waals surface area contributed by atoms with Gasteiger partial charge in [0.25, 0.3) is 15.9 Å². The van der Waals surface area contributed by atoms with Gasteiger partial charge in [-0.25, -0.2) is 12.8 Å². The third-order valence-electron chi connectivity index (χ3n) is 3.44. The molecule has 0 atom stereocenters. The van der Waals surface area contributed by atoms with Crippen LogP contribution in [0.4, 0.5) is 18.9 Å². The van der Waals surface area contributed by atoms with Gasteiger partial charge in [-0.05, 0) is 30.2 Å². The van der Waals surface area contributed by atoms with Crippen LogP contribution in [0.1, 0.15) is 11.1 Å². The average molecular weight is 482 g/mol. The minimum Gasteiger partial charge on any atom is -0.479 e. The van der Waals surface area contributed by atoms with E-state index in [4.69, 9.17) is 10.5 Å². The number of alkyl halides is 2. The molecule has 28 heavy (non-hydrogen) atoms. The van der Waals surface area contributed by atoms with E-state index in [9.17, 15) is 21.6 Å². The zero-order chi connectivity index (χ0) is 21.1. The predicted molar refractivity (Wildman–Crippen MR) is 101 cm³/mol. The summed E-state index contributed by atoms with van der Waals surface area (Å²) in [5, 5.41) is 0. The first-order chi connectivity index (χ1) is 13.1. The molecule has 0 saturated heterocycles. The second kappa shape index (κ2) is 8.69. The highest BCUT2D eigenvalue weighted by molar-refractivity contribution is 9.10. The Labute approximate surface area is 167 Å². The molecule has 152 valence electrons. The minimum atomic E-state index is -4.30. The maximum Gasteiger partial charge on any atom is 0.388 e. The fraction of sp³-hybridized carbons (Fsp3) is 0.188. The molecule has 12 heteroatoms. The molecule has 0 aliphatic heterocycles. The molecule has 0 spiro atoms. The molecule has 7 nitrogen and oxygen atoms in total. The van der Waals surface area contributed by atoms with Gasteiger partial charge >= 0.3 is 6.61 Å². The van der Waals surface area contributed by atoms with Crippen molar-refractivity contribution in [1.82, 2.24) is 4.98 Å². The van der Waals surface area contributed by atoms with E-state index in [2.05, 4.69) is 30.4 Å². The monoisotopic (exact) mass is 481 g/mol. The van der Waals surface area contributed by atoms with Gasteiger partial charge < -0.3 is 15.2 Å². The molecule has 1 aromatic heterocycles. The fourth-order valence-electron chi connectivity index (χ4n) is 2.28. The van der Waals surface area contributed by atoms with Crippen molar-refractivity contribution in [1.29, 1.82) is 0 Å². The molecule has 1 heterocycles. The molecule has 0 saturated carbocycles. The van der Waals surface area contributed by atoms with Crippen molar-refractivity contribution >= 4 is 36.5 Å². The Balaban J connectivity index is 2.46. The van der Waals surface area contributed by atoms with Gasteiger partial charge in [-0.2, -0.15) is 13.8 Å². The van der Waals surface area contributed by atoms with Crippen LogP contribution >= 0.6 is 15.9 Å². The summed E-state index contributed by atoms with van der Waals surface area (Å²) in [5.74, 6) is -2.81. The van der Waals surface area contributed by atoms with E-state index < -0.39 is 39.9 Å². The van der Waals surface area contributed by atoms with Crippen LogP contribution in [0.15, 0.2) is 34.9 Å². The molecular weight excluding hydrogens is 467 g/mol. The molecule has 2 aromatic rings. The molecule has 0 unspecified atom stereocenters. The van der Waals surface area contributed by atoms with E-state index in [-0.39, 0.29) is 4.91 Å². The van der Waals surface area contributed by atoms with E-state index in [0.717, 1.165) is 17.8 Å². The van der Waals surface area contributed by atoms with E-state index in [0.29, 0.717) is 17.2 Å². The highest BCUT2D eigenvalue weighted by Gasteiger charge is 2.25. The fourth-order valence-corrected chi connectivity index (χ4v) is 4.00. The second-order valence-electron chi connectivity index (χ2n) is 5.31. The number of ether oxygens (including phenoxy) is 2. The summed E-state index contributed by atoms with van der Waals surface area (Å²) in [6, 6.07) is 5.46. The summed E-state index contributed by atoms with van der Waals surface area (Å²) in [5.41, 5.74) is 6.01. The van der Waals surface area contributed by atoms with Gasteiger partial charge in [-0.3, -0.25) is 4.72 Å². The number of sulfonamides is 1. The number of anilines is 1. The Morgan fingerprint density at radius 2 is 2.00 bits per heavy atom. The second-order valence-corrected chi connectivity index (χ2v) is 7.87. The first kappa shape index (κ1) is 21.8.